The summed E-state index contributed by atoms with van der Waals surface area (Å²) >= 11 is 0. The van der Waals surface area contributed by atoms with Crippen molar-refractivity contribution >= 4 is 11.8 Å². The van der Waals surface area contributed by atoms with Crippen molar-refractivity contribution in [1.82, 2.24) is 14.8 Å². The van der Waals surface area contributed by atoms with Crippen LogP contribution in [0.3, 0.4) is 0 Å². The highest BCUT2D eigenvalue weighted by Crippen LogP contribution is 2.28. The highest BCUT2D eigenvalue weighted by Gasteiger charge is 2.18. The molecule has 0 N–H and O–H groups in total. The highest BCUT2D eigenvalue weighted by atomic mass is 16.5. The molecule has 3 aromatic rings. The van der Waals surface area contributed by atoms with Gasteiger partial charge in [-0.2, -0.15) is 5.10 Å². The zero-order valence-corrected chi connectivity index (χ0v) is 18.6. The predicted molar refractivity (Wildman–Crippen MR) is 128 cm³/mol. The second-order valence-corrected chi connectivity index (χ2v) is 7.90. The van der Waals surface area contributed by atoms with Crippen molar-refractivity contribution < 1.29 is 4.74 Å². The van der Waals surface area contributed by atoms with Crippen LogP contribution in [0.4, 0.5) is 5.69 Å². The summed E-state index contributed by atoms with van der Waals surface area (Å²) < 4.78 is 7.44. The third kappa shape index (κ3) is 4.62. The Balaban J connectivity index is 1.80. The average molecular weight is 415 g/mol. The minimum absolute atomic E-state index is 0.744. The SMILES string of the molecule is C=C/C(=C\c1nc(-n2ccc(-c3cccc(C)c3)n2)cc(N2CCOCC2)c1C)CC. The monoisotopic (exact) mass is 414 g/mol. The molecule has 0 amide bonds. The van der Waals surface area contributed by atoms with Gasteiger partial charge in [0.2, 0.25) is 0 Å². The molecule has 1 aliphatic heterocycles. The molecule has 0 bridgehead atoms. The lowest BCUT2D eigenvalue weighted by atomic mass is 10.1. The maximum Gasteiger partial charge on any atom is 0.156 e. The van der Waals surface area contributed by atoms with E-state index in [0.717, 1.165) is 55.5 Å². The van der Waals surface area contributed by atoms with E-state index in [1.807, 2.05) is 23.0 Å². The Bertz CT molecular complexity index is 1110. The molecule has 3 heterocycles. The van der Waals surface area contributed by atoms with Crippen molar-refractivity contribution in [3.63, 3.8) is 0 Å². The van der Waals surface area contributed by atoms with E-state index in [1.165, 1.54) is 22.4 Å². The fourth-order valence-electron chi connectivity index (χ4n) is 3.88. The number of morpholine rings is 1. The molecule has 0 atom stereocenters. The van der Waals surface area contributed by atoms with Gasteiger partial charge in [-0.25, -0.2) is 9.67 Å². The second-order valence-electron chi connectivity index (χ2n) is 7.90. The Morgan fingerprint density at radius 1 is 1.16 bits per heavy atom. The number of benzene rings is 1. The van der Waals surface area contributed by atoms with Gasteiger partial charge in [-0.05, 0) is 49.6 Å². The van der Waals surface area contributed by atoms with Crippen molar-refractivity contribution in [2.75, 3.05) is 31.2 Å². The molecule has 160 valence electrons. The van der Waals surface area contributed by atoms with E-state index in [0.29, 0.717) is 0 Å². The number of pyridine rings is 1. The normalized spacial score (nSPS) is 14.7. The Morgan fingerprint density at radius 2 is 1.97 bits per heavy atom. The van der Waals surface area contributed by atoms with Crippen LogP contribution in [0, 0.1) is 13.8 Å². The lowest BCUT2D eigenvalue weighted by molar-refractivity contribution is 0.122. The van der Waals surface area contributed by atoms with Crippen molar-refractivity contribution in [2.24, 2.45) is 0 Å². The third-order valence-corrected chi connectivity index (χ3v) is 5.75. The zero-order valence-electron chi connectivity index (χ0n) is 18.6. The lowest BCUT2D eigenvalue weighted by Gasteiger charge is -2.30. The first-order chi connectivity index (χ1) is 15.1. The summed E-state index contributed by atoms with van der Waals surface area (Å²) in [7, 11) is 0. The first-order valence-corrected chi connectivity index (χ1v) is 10.9. The fraction of sp³-hybridized carbons (Fsp3) is 0.308. The molecule has 0 spiro atoms. The zero-order chi connectivity index (χ0) is 21.8. The Kier molecular flexibility index (Phi) is 6.33. The first-order valence-electron chi connectivity index (χ1n) is 10.9. The van der Waals surface area contributed by atoms with Gasteiger partial charge in [-0.15, -0.1) is 0 Å². The minimum atomic E-state index is 0.744. The molecule has 0 radical (unpaired) electrons. The van der Waals surface area contributed by atoms with E-state index >= 15 is 0 Å². The molecule has 5 nitrogen and oxygen atoms in total. The molecule has 31 heavy (non-hydrogen) atoms. The number of aryl methyl sites for hydroxylation is 1. The molecule has 2 aromatic heterocycles. The van der Waals surface area contributed by atoms with E-state index in [9.17, 15) is 0 Å². The Morgan fingerprint density at radius 3 is 2.68 bits per heavy atom. The number of aromatic nitrogens is 3. The van der Waals surface area contributed by atoms with Crippen LogP contribution in [0.15, 0.2) is 60.8 Å². The standard InChI is InChI=1S/C26H30N4O/c1-5-21(6-2)17-24-20(4)25(29-12-14-31-15-13-29)18-26(27-24)30-11-10-23(28-30)22-9-7-8-19(3)16-22/h5,7-11,16-18H,1,6,12-15H2,2-4H3/b21-17+. The smallest absolute Gasteiger partial charge is 0.156 e. The van der Waals surface area contributed by atoms with Gasteiger partial charge in [0.15, 0.2) is 5.82 Å². The molecule has 5 heteroatoms. The van der Waals surface area contributed by atoms with Gasteiger partial charge in [0.05, 0.1) is 24.6 Å². The van der Waals surface area contributed by atoms with E-state index < -0.39 is 0 Å². The predicted octanol–water partition coefficient (Wildman–Crippen LogP) is 5.37. The average Bonchev–Trinajstić information content (AvgIpc) is 3.29. The van der Waals surface area contributed by atoms with Crippen molar-refractivity contribution in [2.45, 2.75) is 27.2 Å². The van der Waals surface area contributed by atoms with Gasteiger partial charge in [-0.1, -0.05) is 43.3 Å². The molecule has 1 fully saturated rings. The Hall–Kier alpha value is -3.18. The summed E-state index contributed by atoms with van der Waals surface area (Å²) in [6, 6.07) is 12.6. The number of ether oxygens (including phenoxy) is 1. The van der Waals surface area contributed by atoms with Gasteiger partial charge in [0, 0.05) is 36.6 Å². The number of rotatable bonds is 6. The van der Waals surface area contributed by atoms with Gasteiger partial charge in [-0.3, -0.25) is 0 Å². The molecule has 1 aromatic carbocycles. The first kappa shape index (κ1) is 21.1. The van der Waals surface area contributed by atoms with Crippen LogP contribution in [0.2, 0.25) is 0 Å². The maximum absolute atomic E-state index is 5.57. The van der Waals surface area contributed by atoms with Crippen LogP contribution >= 0.6 is 0 Å². The summed E-state index contributed by atoms with van der Waals surface area (Å²) in [5.74, 6) is 0.816. The molecule has 1 aliphatic rings. The van der Waals surface area contributed by atoms with Gasteiger partial charge < -0.3 is 9.64 Å². The molecule has 0 saturated carbocycles. The third-order valence-electron chi connectivity index (χ3n) is 5.75. The number of hydrogen-bond donors (Lipinski definition) is 0. The number of nitrogens with zero attached hydrogens (tertiary/aromatic N) is 4. The summed E-state index contributed by atoms with van der Waals surface area (Å²) in [6.07, 6.45) is 6.95. The second kappa shape index (κ2) is 9.31. The van der Waals surface area contributed by atoms with Gasteiger partial charge >= 0.3 is 0 Å². The number of anilines is 1. The van der Waals surface area contributed by atoms with Crippen molar-refractivity contribution in [3.8, 4) is 17.1 Å². The highest BCUT2D eigenvalue weighted by molar-refractivity contribution is 5.67. The van der Waals surface area contributed by atoms with Crippen molar-refractivity contribution in [3.05, 3.63) is 77.6 Å². The van der Waals surface area contributed by atoms with Gasteiger partial charge in [0.25, 0.3) is 0 Å². The summed E-state index contributed by atoms with van der Waals surface area (Å²) in [5, 5.41) is 4.84. The van der Waals surface area contributed by atoms with Crippen LogP contribution in [-0.2, 0) is 4.74 Å². The van der Waals surface area contributed by atoms with Crippen LogP contribution in [-0.4, -0.2) is 41.1 Å². The lowest BCUT2D eigenvalue weighted by Crippen LogP contribution is -2.36. The topological polar surface area (TPSA) is 43.2 Å². The summed E-state index contributed by atoms with van der Waals surface area (Å²) in [5.41, 5.74) is 7.76. The van der Waals surface area contributed by atoms with E-state index in [-0.39, 0.29) is 0 Å². The van der Waals surface area contributed by atoms with E-state index in [1.54, 1.807) is 0 Å². The molecule has 1 saturated heterocycles. The maximum atomic E-state index is 5.57. The van der Waals surface area contributed by atoms with Crippen LogP contribution in [0.25, 0.3) is 23.2 Å². The van der Waals surface area contributed by atoms with Gasteiger partial charge in [0.1, 0.15) is 0 Å². The molecule has 0 unspecified atom stereocenters. The number of allylic oxidation sites excluding steroid dienone is 2. The fourth-order valence-corrected chi connectivity index (χ4v) is 3.88. The van der Waals surface area contributed by atoms with E-state index in [2.05, 4.69) is 68.7 Å². The van der Waals surface area contributed by atoms with Crippen LogP contribution < -0.4 is 4.90 Å². The summed E-state index contributed by atoms with van der Waals surface area (Å²) in [6.45, 7) is 13.6. The largest absolute Gasteiger partial charge is 0.378 e. The minimum Gasteiger partial charge on any atom is -0.378 e. The molecular weight excluding hydrogens is 384 g/mol. The number of hydrogen-bond acceptors (Lipinski definition) is 4. The Labute approximate surface area is 184 Å². The quantitative estimate of drug-likeness (QED) is 0.509. The van der Waals surface area contributed by atoms with Crippen LogP contribution in [0.5, 0.6) is 0 Å². The van der Waals surface area contributed by atoms with Crippen molar-refractivity contribution in [1.29, 1.82) is 0 Å². The molecule has 0 aliphatic carbocycles. The van der Waals surface area contributed by atoms with Crippen LogP contribution in [0.1, 0.15) is 30.2 Å². The van der Waals surface area contributed by atoms with E-state index in [4.69, 9.17) is 14.8 Å². The summed E-state index contributed by atoms with van der Waals surface area (Å²) in [4.78, 5) is 7.36. The molecular formula is C26H30N4O. The molecule has 4 rings (SSSR count).